The van der Waals surface area contributed by atoms with Crippen molar-refractivity contribution >= 4 is 17.8 Å². The van der Waals surface area contributed by atoms with Gasteiger partial charge in [0.1, 0.15) is 0 Å². The van der Waals surface area contributed by atoms with Gasteiger partial charge in [-0.1, -0.05) is 12.1 Å². The smallest absolute Gasteiger partial charge is 0.317 e. The second kappa shape index (κ2) is 8.06. The molecular formula is C17H24N4OS. The van der Waals surface area contributed by atoms with Gasteiger partial charge in [-0.25, -0.2) is 9.78 Å². The van der Waals surface area contributed by atoms with Crippen molar-refractivity contribution in [2.45, 2.75) is 25.9 Å². The zero-order valence-corrected chi connectivity index (χ0v) is 14.9. The molecule has 0 aliphatic heterocycles. The molecule has 23 heavy (non-hydrogen) atoms. The molecule has 0 saturated heterocycles. The number of hydrogen-bond acceptors (Lipinski definition) is 3. The number of amides is 2. The number of carbonyl (C=O) groups is 1. The van der Waals surface area contributed by atoms with Crippen LogP contribution in [-0.2, 0) is 0 Å². The maximum Gasteiger partial charge on any atom is 0.317 e. The average molecular weight is 332 g/mol. The van der Waals surface area contributed by atoms with Crippen molar-refractivity contribution < 1.29 is 4.79 Å². The van der Waals surface area contributed by atoms with E-state index in [1.807, 2.05) is 49.2 Å². The summed E-state index contributed by atoms with van der Waals surface area (Å²) in [6.07, 6.45) is 7.47. The van der Waals surface area contributed by atoms with Gasteiger partial charge in [0, 0.05) is 36.9 Å². The van der Waals surface area contributed by atoms with Crippen LogP contribution in [0.4, 0.5) is 4.79 Å². The third kappa shape index (κ3) is 4.51. The van der Waals surface area contributed by atoms with Crippen LogP contribution in [0, 0.1) is 0 Å². The topological polar surface area (TPSA) is 50.2 Å². The SMILES string of the molecule is CSC[C@H](C)N(C)C(=O)N[C@@H](C)c1cccc(-n2ccnc2)c1. The van der Waals surface area contributed by atoms with E-state index in [-0.39, 0.29) is 18.1 Å². The lowest BCUT2D eigenvalue weighted by Crippen LogP contribution is -2.44. The van der Waals surface area contributed by atoms with E-state index in [9.17, 15) is 4.79 Å². The van der Waals surface area contributed by atoms with Gasteiger partial charge >= 0.3 is 6.03 Å². The summed E-state index contributed by atoms with van der Waals surface area (Å²) in [7, 11) is 1.84. The number of carbonyl (C=O) groups excluding carboxylic acids is 1. The fourth-order valence-corrected chi connectivity index (χ4v) is 3.00. The van der Waals surface area contributed by atoms with Crippen molar-refractivity contribution in [2.24, 2.45) is 0 Å². The van der Waals surface area contributed by atoms with E-state index in [4.69, 9.17) is 0 Å². The predicted octanol–water partition coefficient (Wildman–Crippen LogP) is 3.33. The Bertz CT molecular complexity index is 629. The minimum absolute atomic E-state index is 0.0490. The summed E-state index contributed by atoms with van der Waals surface area (Å²) in [6.45, 7) is 4.05. The summed E-state index contributed by atoms with van der Waals surface area (Å²) >= 11 is 1.74. The van der Waals surface area contributed by atoms with Gasteiger partial charge in [0.25, 0.3) is 0 Å². The number of rotatable bonds is 6. The van der Waals surface area contributed by atoms with Gasteiger partial charge in [0.15, 0.2) is 0 Å². The summed E-state index contributed by atoms with van der Waals surface area (Å²) in [5.74, 6) is 0.925. The first-order chi connectivity index (χ1) is 11.0. The number of urea groups is 1. The van der Waals surface area contributed by atoms with Gasteiger partial charge in [0.05, 0.1) is 12.4 Å². The van der Waals surface area contributed by atoms with Gasteiger partial charge < -0.3 is 14.8 Å². The Kier molecular flexibility index (Phi) is 6.10. The quantitative estimate of drug-likeness (QED) is 0.883. The summed E-state index contributed by atoms with van der Waals surface area (Å²) in [6, 6.07) is 8.20. The number of imidazole rings is 1. The van der Waals surface area contributed by atoms with Crippen LogP contribution in [-0.4, -0.2) is 45.6 Å². The summed E-state index contributed by atoms with van der Waals surface area (Å²) in [5.41, 5.74) is 2.10. The van der Waals surface area contributed by atoms with E-state index in [1.54, 1.807) is 29.2 Å². The van der Waals surface area contributed by atoms with E-state index < -0.39 is 0 Å². The molecule has 1 aromatic carbocycles. The molecule has 0 aliphatic carbocycles. The molecule has 0 aliphatic rings. The molecular weight excluding hydrogens is 308 g/mol. The Morgan fingerprint density at radius 3 is 2.87 bits per heavy atom. The molecule has 0 radical (unpaired) electrons. The van der Waals surface area contributed by atoms with Gasteiger partial charge in [-0.05, 0) is 37.8 Å². The maximum absolute atomic E-state index is 12.3. The number of aromatic nitrogens is 2. The van der Waals surface area contributed by atoms with Crippen LogP contribution in [0.25, 0.3) is 5.69 Å². The second-order valence-electron chi connectivity index (χ2n) is 5.65. The Hall–Kier alpha value is -1.95. The van der Waals surface area contributed by atoms with E-state index in [0.29, 0.717) is 0 Å². The normalized spacial score (nSPS) is 13.4. The number of thioether (sulfide) groups is 1. The van der Waals surface area contributed by atoms with Gasteiger partial charge in [0.2, 0.25) is 0 Å². The molecule has 1 heterocycles. The van der Waals surface area contributed by atoms with Crippen molar-refractivity contribution in [1.82, 2.24) is 19.8 Å². The second-order valence-corrected chi connectivity index (χ2v) is 6.56. The molecule has 2 rings (SSSR count). The van der Waals surface area contributed by atoms with Crippen LogP contribution < -0.4 is 5.32 Å². The number of benzene rings is 1. The molecule has 0 saturated carbocycles. The van der Waals surface area contributed by atoms with Gasteiger partial charge in [-0.15, -0.1) is 0 Å². The summed E-state index contributed by atoms with van der Waals surface area (Å²) in [5, 5.41) is 3.06. The molecule has 0 spiro atoms. The third-order valence-corrected chi connectivity index (χ3v) is 4.72. The highest BCUT2D eigenvalue weighted by Crippen LogP contribution is 2.17. The molecule has 6 heteroatoms. The van der Waals surface area contributed by atoms with E-state index in [2.05, 4.69) is 23.3 Å². The number of nitrogens with zero attached hydrogens (tertiary/aromatic N) is 3. The van der Waals surface area contributed by atoms with Crippen molar-refractivity contribution in [3.05, 3.63) is 48.5 Å². The molecule has 0 bridgehead atoms. The van der Waals surface area contributed by atoms with Crippen molar-refractivity contribution in [3.63, 3.8) is 0 Å². The Morgan fingerprint density at radius 2 is 2.22 bits per heavy atom. The minimum Gasteiger partial charge on any atom is -0.331 e. The number of hydrogen-bond donors (Lipinski definition) is 1. The maximum atomic E-state index is 12.3. The lowest BCUT2D eigenvalue weighted by atomic mass is 10.1. The van der Waals surface area contributed by atoms with Crippen LogP contribution in [0.1, 0.15) is 25.5 Å². The minimum atomic E-state index is -0.0603. The summed E-state index contributed by atoms with van der Waals surface area (Å²) < 4.78 is 1.95. The molecule has 2 aromatic rings. The lowest BCUT2D eigenvalue weighted by Gasteiger charge is -2.26. The highest BCUT2D eigenvalue weighted by molar-refractivity contribution is 7.98. The van der Waals surface area contributed by atoms with Crippen LogP contribution in [0.5, 0.6) is 0 Å². The molecule has 1 N–H and O–H groups in total. The van der Waals surface area contributed by atoms with E-state index in [1.165, 1.54) is 0 Å². The van der Waals surface area contributed by atoms with Crippen LogP contribution in [0.2, 0.25) is 0 Å². The van der Waals surface area contributed by atoms with Crippen molar-refractivity contribution in [2.75, 3.05) is 19.1 Å². The zero-order chi connectivity index (χ0) is 16.8. The molecule has 5 nitrogen and oxygen atoms in total. The molecule has 2 amide bonds. The Balaban J connectivity index is 2.04. The Labute approximate surface area is 142 Å². The molecule has 0 unspecified atom stereocenters. The molecule has 1 aromatic heterocycles. The first-order valence-corrected chi connectivity index (χ1v) is 9.03. The van der Waals surface area contributed by atoms with Gasteiger partial charge in [-0.2, -0.15) is 11.8 Å². The predicted molar refractivity (Wildman–Crippen MR) is 96.1 cm³/mol. The molecule has 2 atom stereocenters. The highest BCUT2D eigenvalue weighted by atomic mass is 32.2. The van der Waals surface area contributed by atoms with Crippen LogP contribution >= 0.6 is 11.8 Å². The van der Waals surface area contributed by atoms with Crippen LogP contribution in [0.15, 0.2) is 43.0 Å². The standard InChI is InChI=1S/C17H24N4OS/c1-13(11-23-4)20(3)17(22)19-14(2)15-6-5-7-16(10-15)21-9-8-18-12-21/h5-10,12-14H,11H2,1-4H3,(H,19,22)/t13-,14-/m0/s1. The van der Waals surface area contributed by atoms with Gasteiger partial charge in [-0.3, -0.25) is 0 Å². The fraction of sp³-hybridized carbons (Fsp3) is 0.412. The largest absolute Gasteiger partial charge is 0.331 e. The van der Waals surface area contributed by atoms with Crippen molar-refractivity contribution in [3.8, 4) is 5.69 Å². The van der Waals surface area contributed by atoms with Crippen molar-refractivity contribution in [1.29, 1.82) is 0 Å². The molecule has 124 valence electrons. The first-order valence-electron chi connectivity index (χ1n) is 7.63. The summed E-state index contributed by atoms with van der Waals surface area (Å²) in [4.78, 5) is 18.2. The highest BCUT2D eigenvalue weighted by Gasteiger charge is 2.17. The molecule has 0 fully saturated rings. The first kappa shape index (κ1) is 17.4. The average Bonchev–Trinajstić information content (AvgIpc) is 3.09. The fourth-order valence-electron chi connectivity index (χ4n) is 2.29. The monoisotopic (exact) mass is 332 g/mol. The Morgan fingerprint density at radius 1 is 1.43 bits per heavy atom. The van der Waals surface area contributed by atoms with E-state index >= 15 is 0 Å². The van der Waals surface area contributed by atoms with Crippen LogP contribution in [0.3, 0.4) is 0 Å². The van der Waals surface area contributed by atoms with E-state index in [0.717, 1.165) is 17.0 Å². The zero-order valence-electron chi connectivity index (χ0n) is 14.1. The third-order valence-electron chi connectivity index (χ3n) is 3.90. The lowest BCUT2D eigenvalue weighted by molar-refractivity contribution is 0.195. The number of nitrogens with one attached hydrogen (secondary N) is 1.